The number of carboxylic acid groups (broad SMARTS) is 1. The van der Waals surface area contributed by atoms with Gasteiger partial charge in [0.25, 0.3) is 0 Å². The number of aromatic carboxylic acids is 1. The molecular weight excluding hydrogens is 300 g/mol. The van der Waals surface area contributed by atoms with E-state index in [1.165, 1.54) is 6.07 Å². The van der Waals surface area contributed by atoms with Crippen LogP contribution in [0.2, 0.25) is 0 Å². The fourth-order valence-corrected chi connectivity index (χ4v) is 2.86. The highest BCUT2D eigenvalue weighted by atomic mass is 16.4. The van der Waals surface area contributed by atoms with Crippen molar-refractivity contribution in [3.8, 4) is 0 Å². The molecule has 0 aromatic heterocycles. The van der Waals surface area contributed by atoms with Crippen LogP contribution in [-0.4, -0.2) is 16.9 Å². The Kier molecular flexibility index (Phi) is 4.17. The number of fused-ring (bicyclic) bond motifs is 1. The third kappa shape index (κ3) is 2.81. The Morgan fingerprint density at radius 2 is 1.54 bits per heavy atom. The van der Waals surface area contributed by atoms with Gasteiger partial charge in [-0.2, -0.15) is 0 Å². The van der Waals surface area contributed by atoms with Crippen LogP contribution in [0.5, 0.6) is 0 Å². The summed E-state index contributed by atoms with van der Waals surface area (Å²) < 4.78 is 0. The standard InChI is InChI=1S/C21H18O3/c1-13(2)14-7-9-16(10-8-14)20(22)19-17-6-4-3-5-15(17)11-12-18(19)21(23)24/h3-13H,1-2H3,(H,23,24). The molecule has 0 aliphatic rings. The number of carbonyl (C=O) groups excluding carboxylic acids is 1. The monoisotopic (exact) mass is 318 g/mol. The van der Waals surface area contributed by atoms with Crippen LogP contribution in [0.15, 0.2) is 60.7 Å². The van der Waals surface area contributed by atoms with E-state index < -0.39 is 5.97 Å². The van der Waals surface area contributed by atoms with Crippen molar-refractivity contribution < 1.29 is 14.7 Å². The summed E-state index contributed by atoms with van der Waals surface area (Å²) in [6, 6.07) is 18.0. The molecule has 0 radical (unpaired) electrons. The van der Waals surface area contributed by atoms with Crippen LogP contribution in [0.1, 0.15) is 51.6 Å². The minimum Gasteiger partial charge on any atom is -0.478 e. The Morgan fingerprint density at radius 1 is 0.875 bits per heavy atom. The first-order chi connectivity index (χ1) is 11.5. The molecule has 0 saturated carbocycles. The highest BCUT2D eigenvalue weighted by molar-refractivity contribution is 6.21. The average molecular weight is 318 g/mol. The minimum absolute atomic E-state index is 0.0339. The quantitative estimate of drug-likeness (QED) is 0.697. The van der Waals surface area contributed by atoms with Crippen molar-refractivity contribution in [1.82, 2.24) is 0 Å². The molecule has 0 amide bonds. The minimum atomic E-state index is -1.09. The van der Waals surface area contributed by atoms with Crippen molar-refractivity contribution in [2.24, 2.45) is 0 Å². The van der Waals surface area contributed by atoms with E-state index in [-0.39, 0.29) is 16.9 Å². The van der Waals surface area contributed by atoms with Crippen molar-refractivity contribution >= 4 is 22.5 Å². The zero-order valence-corrected chi connectivity index (χ0v) is 13.6. The van der Waals surface area contributed by atoms with E-state index in [4.69, 9.17) is 0 Å². The second kappa shape index (κ2) is 6.28. The molecule has 3 heteroatoms. The van der Waals surface area contributed by atoms with Crippen LogP contribution in [-0.2, 0) is 0 Å². The summed E-state index contributed by atoms with van der Waals surface area (Å²) in [7, 11) is 0. The molecule has 3 aromatic carbocycles. The predicted octanol–water partition coefficient (Wildman–Crippen LogP) is 4.89. The van der Waals surface area contributed by atoms with Crippen LogP contribution in [0.4, 0.5) is 0 Å². The summed E-state index contributed by atoms with van der Waals surface area (Å²) in [6.45, 7) is 4.17. The molecule has 0 saturated heterocycles. The van der Waals surface area contributed by atoms with Crippen LogP contribution in [0.25, 0.3) is 10.8 Å². The number of hydrogen-bond donors (Lipinski definition) is 1. The molecule has 0 spiro atoms. The second-order valence-electron chi connectivity index (χ2n) is 6.12. The number of rotatable bonds is 4. The molecule has 120 valence electrons. The molecule has 0 fully saturated rings. The van der Waals surface area contributed by atoms with Gasteiger partial charge >= 0.3 is 5.97 Å². The maximum atomic E-state index is 13.0. The Hall–Kier alpha value is -2.94. The second-order valence-corrected chi connectivity index (χ2v) is 6.12. The molecule has 0 heterocycles. The van der Waals surface area contributed by atoms with E-state index in [0.29, 0.717) is 16.9 Å². The van der Waals surface area contributed by atoms with E-state index in [2.05, 4.69) is 13.8 Å². The van der Waals surface area contributed by atoms with Gasteiger partial charge in [-0.05, 0) is 28.3 Å². The van der Waals surface area contributed by atoms with Crippen molar-refractivity contribution in [2.45, 2.75) is 19.8 Å². The van der Waals surface area contributed by atoms with Gasteiger partial charge in [0, 0.05) is 11.1 Å². The first-order valence-electron chi connectivity index (χ1n) is 7.88. The van der Waals surface area contributed by atoms with Crippen LogP contribution in [0, 0.1) is 0 Å². The SMILES string of the molecule is CC(C)c1ccc(C(=O)c2c(C(=O)O)ccc3ccccc23)cc1. The van der Waals surface area contributed by atoms with E-state index in [1.54, 1.807) is 24.3 Å². The number of hydrogen-bond acceptors (Lipinski definition) is 2. The van der Waals surface area contributed by atoms with Gasteiger partial charge in [0.15, 0.2) is 5.78 Å². The Morgan fingerprint density at radius 3 is 2.17 bits per heavy atom. The van der Waals surface area contributed by atoms with E-state index >= 15 is 0 Å². The normalized spacial score (nSPS) is 11.0. The smallest absolute Gasteiger partial charge is 0.336 e. The highest BCUT2D eigenvalue weighted by Crippen LogP contribution is 2.26. The fourth-order valence-electron chi connectivity index (χ4n) is 2.86. The summed E-state index contributed by atoms with van der Waals surface area (Å²) in [5.74, 6) is -0.983. The Bertz CT molecular complexity index is 921. The molecule has 1 N–H and O–H groups in total. The van der Waals surface area contributed by atoms with Crippen molar-refractivity contribution in [3.63, 3.8) is 0 Å². The Balaban J connectivity index is 2.18. The van der Waals surface area contributed by atoms with Gasteiger partial charge in [-0.15, -0.1) is 0 Å². The lowest BCUT2D eigenvalue weighted by atomic mass is 9.91. The molecule has 3 rings (SSSR count). The zero-order valence-electron chi connectivity index (χ0n) is 13.6. The first-order valence-corrected chi connectivity index (χ1v) is 7.88. The molecule has 0 atom stereocenters. The third-order valence-corrected chi connectivity index (χ3v) is 4.23. The zero-order chi connectivity index (χ0) is 17.3. The number of carbonyl (C=O) groups is 2. The number of ketones is 1. The van der Waals surface area contributed by atoms with Crippen molar-refractivity contribution in [1.29, 1.82) is 0 Å². The van der Waals surface area contributed by atoms with Crippen LogP contribution in [0.3, 0.4) is 0 Å². The molecular formula is C21H18O3. The lowest BCUT2D eigenvalue weighted by Crippen LogP contribution is -2.10. The van der Waals surface area contributed by atoms with Gasteiger partial charge < -0.3 is 5.11 Å². The molecule has 3 aromatic rings. The molecule has 0 aliphatic heterocycles. The van der Waals surface area contributed by atoms with Crippen LogP contribution < -0.4 is 0 Å². The number of benzene rings is 3. The summed E-state index contributed by atoms with van der Waals surface area (Å²) in [5.41, 5.74) is 1.92. The van der Waals surface area contributed by atoms with E-state index in [0.717, 1.165) is 10.9 Å². The lowest BCUT2D eigenvalue weighted by Gasteiger charge is -2.11. The van der Waals surface area contributed by atoms with Gasteiger partial charge in [0.2, 0.25) is 0 Å². The molecule has 0 unspecified atom stereocenters. The summed E-state index contributed by atoms with van der Waals surface area (Å²) >= 11 is 0. The van der Waals surface area contributed by atoms with Gasteiger partial charge in [-0.3, -0.25) is 4.79 Å². The first kappa shape index (κ1) is 15.9. The van der Waals surface area contributed by atoms with Gasteiger partial charge in [0.05, 0.1) is 5.56 Å². The summed E-state index contributed by atoms with van der Waals surface area (Å²) in [5, 5.41) is 11.0. The van der Waals surface area contributed by atoms with Crippen molar-refractivity contribution in [3.05, 3.63) is 82.9 Å². The van der Waals surface area contributed by atoms with E-state index in [1.807, 2.05) is 30.3 Å². The molecule has 24 heavy (non-hydrogen) atoms. The third-order valence-electron chi connectivity index (χ3n) is 4.23. The largest absolute Gasteiger partial charge is 0.478 e. The van der Waals surface area contributed by atoms with Crippen LogP contribution >= 0.6 is 0 Å². The number of carboxylic acids is 1. The predicted molar refractivity (Wildman–Crippen MR) is 94.9 cm³/mol. The maximum Gasteiger partial charge on any atom is 0.336 e. The highest BCUT2D eigenvalue weighted by Gasteiger charge is 2.21. The summed E-state index contributed by atoms with van der Waals surface area (Å²) in [6.07, 6.45) is 0. The van der Waals surface area contributed by atoms with Gasteiger partial charge in [0.1, 0.15) is 0 Å². The van der Waals surface area contributed by atoms with E-state index in [9.17, 15) is 14.7 Å². The molecule has 0 bridgehead atoms. The Labute approximate surface area is 140 Å². The lowest BCUT2D eigenvalue weighted by molar-refractivity contribution is 0.0693. The maximum absolute atomic E-state index is 13.0. The van der Waals surface area contributed by atoms with Gasteiger partial charge in [-0.25, -0.2) is 4.79 Å². The average Bonchev–Trinajstić information content (AvgIpc) is 2.60. The summed E-state index contributed by atoms with van der Waals surface area (Å²) in [4.78, 5) is 24.6. The van der Waals surface area contributed by atoms with Gasteiger partial charge in [-0.1, -0.05) is 68.4 Å². The molecule has 3 nitrogen and oxygen atoms in total. The topological polar surface area (TPSA) is 54.4 Å². The van der Waals surface area contributed by atoms with Crippen molar-refractivity contribution in [2.75, 3.05) is 0 Å². The molecule has 0 aliphatic carbocycles. The fraction of sp³-hybridized carbons (Fsp3) is 0.143.